The first-order valence-electron chi connectivity index (χ1n) is 13.0. The lowest BCUT2D eigenvalue weighted by molar-refractivity contribution is 0.0517. The predicted molar refractivity (Wildman–Crippen MR) is 154 cm³/mol. The summed E-state index contributed by atoms with van der Waals surface area (Å²) in [5.41, 5.74) is 5.12. The first-order valence-corrected chi connectivity index (χ1v) is 13.0. The number of hydrogen-bond acceptors (Lipinski definition) is 11. The number of rotatable bonds is 11. The van der Waals surface area contributed by atoms with Crippen molar-refractivity contribution in [2.24, 2.45) is 10.2 Å². The highest BCUT2D eigenvalue weighted by Crippen LogP contribution is 2.24. The number of ether oxygens (including phenoxy) is 2. The van der Waals surface area contributed by atoms with Crippen molar-refractivity contribution in [2.75, 3.05) is 18.6 Å². The number of hydrogen-bond donors (Lipinski definition) is 1. The number of anilines is 1. The molecule has 0 radical (unpaired) electrons. The lowest BCUT2D eigenvalue weighted by atomic mass is 10.1. The van der Waals surface area contributed by atoms with Crippen molar-refractivity contribution in [3.05, 3.63) is 102 Å². The molecule has 0 unspecified atom stereocenters. The number of hydrazone groups is 1. The molecule has 0 aliphatic rings. The minimum absolute atomic E-state index is 0.255. The van der Waals surface area contributed by atoms with Gasteiger partial charge in [0.2, 0.25) is 0 Å². The van der Waals surface area contributed by atoms with E-state index in [-0.39, 0.29) is 5.95 Å². The predicted octanol–water partition coefficient (Wildman–Crippen LogP) is 5.48. The van der Waals surface area contributed by atoms with Gasteiger partial charge in [-0.2, -0.15) is 14.9 Å². The molecule has 0 bridgehead atoms. The van der Waals surface area contributed by atoms with Crippen LogP contribution >= 0.6 is 0 Å². The van der Waals surface area contributed by atoms with E-state index in [9.17, 15) is 9.59 Å². The second kappa shape index (κ2) is 13.0. The molecule has 0 saturated heterocycles. The van der Waals surface area contributed by atoms with Crippen molar-refractivity contribution in [1.29, 1.82) is 0 Å². The van der Waals surface area contributed by atoms with Crippen LogP contribution < -0.4 is 5.43 Å². The van der Waals surface area contributed by atoms with Gasteiger partial charge in [0.05, 0.1) is 36.8 Å². The zero-order chi connectivity index (χ0) is 29.3. The van der Waals surface area contributed by atoms with E-state index in [0.29, 0.717) is 47.4 Å². The Morgan fingerprint density at radius 1 is 0.833 bits per heavy atom. The number of esters is 2. The zero-order valence-corrected chi connectivity index (χ0v) is 22.8. The smallest absolute Gasteiger partial charge is 0.338 e. The minimum atomic E-state index is -0.392. The van der Waals surface area contributed by atoms with E-state index in [0.717, 1.165) is 11.1 Å². The molecule has 12 nitrogen and oxygen atoms in total. The Kier molecular flexibility index (Phi) is 8.63. The maximum atomic E-state index is 12.0. The second-order valence-corrected chi connectivity index (χ2v) is 8.62. The molecule has 42 heavy (non-hydrogen) atoms. The van der Waals surface area contributed by atoms with Gasteiger partial charge in [0.15, 0.2) is 0 Å². The Morgan fingerprint density at radius 3 is 1.98 bits per heavy atom. The van der Waals surface area contributed by atoms with Crippen molar-refractivity contribution in [1.82, 2.24) is 14.9 Å². The largest absolute Gasteiger partial charge is 0.462 e. The molecule has 0 amide bonds. The van der Waals surface area contributed by atoms with E-state index >= 15 is 0 Å². The Morgan fingerprint density at radius 2 is 1.40 bits per heavy atom. The van der Waals surface area contributed by atoms with Crippen LogP contribution in [-0.4, -0.2) is 52.5 Å². The van der Waals surface area contributed by atoms with Gasteiger partial charge in [0.1, 0.15) is 29.4 Å². The molecule has 0 aliphatic carbocycles. The average molecular weight is 567 g/mol. The van der Waals surface area contributed by atoms with Gasteiger partial charge in [-0.05, 0) is 62.4 Å². The Bertz CT molecular complexity index is 1750. The van der Waals surface area contributed by atoms with Crippen molar-refractivity contribution in [2.45, 2.75) is 13.8 Å². The van der Waals surface area contributed by atoms with Crippen LogP contribution in [0.3, 0.4) is 0 Å². The molecule has 3 aromatic heterocycles. The van der Waals surface area contributed by atoms with Gasteiger partial charge in [-0.3, -0.25) is 0 Å². The molecule has 1 N–H and O–H groups in total. The highest BCUT2D eigenvalue weighted by molar-refractivity contribution is 5.91. The third-order valence-electron chi connectivity index (χ3n) is 5.77. The monoisotopic (exact) mass is 566 g/mol. The molecule has 0 saturated carbocycles. The number of nitrogens with one attached hydrogen (secondary N) is 1. The summed E-state index contributed by atoms with van der Waals surface area (Å²) >= 11 is 0. The number of nitrogens with zero attached hydrogens (tertiary/aromatic N) is 5. The van der Waals surface area contributed by atoms with E-state index in [1.54, 1.807) is 74.5 Å². The summed E-state index contributed by atoms with van der Waals surface area (Å²) in [6, 6.07) is 21.1. The number of carbonyl (C=O) groups excluding carboxylic acids is 2. The lowest BCUT2D eigenvalue weighted by Crippen LogP contribution is -2.04. The average Bonchev–Trinajstić information content (AvgIpc) is 3.78. The topological polar surface area (TPSA) is 146 Å². The first kappa shape index (κ1) is 27.8. The molecular formula is C30H26N6O6. The molecule has 5 rings (SSSR count). The molecule has 212 valence electrons. The van der Waals surface area contributed by atoms with E-state index in [4.69, 9.17) is 18.3 Å². The minimum Gasteiger partial charge on any atom is -0.462 e. The highest BCUT2D eigenvalue weighted by atomic mass is 16.5. The second-order valence-electron chi connectivity index (χ2n) is 8.62. The van der Waals surface area contributed by atoms with Gasteiger partial charge in [-0.15, -0.1) is 10.2 Å². The van der Waals surface area contributed by atoms with E-state index in [1.165, 1.54) is 23.4 Å². The summed E-state index contributed by atoms with van der Waals surface area (Å²) in [5.74, 6) is 1.56. The number of benzene rings is 2. The van der Waals surface area contributed by atoms with Crippen molar-refractivity contribution >= 4 is 30.3 Å². The highest BCUT2D eigenvalue weighted by Gasteiger charge is 2.11. The van der Waals surface area contributed by atoms with Crippen molar-refractivity contribution in [3.63, 3.8) is 0 Å². The maximum absolute atomic E-state index is 12.0. The van der Waals surface area contributed by atoms with Crippen LogP contribution in [0.15, 0.2) is 98.2 Å². The van der Waals surface area contributed by atoms with Gasteiger partial charge in [0, 0.05) is 11.1 Å². The van der Waals surface area contributed by atoms with Crippen LogP contribution in [0.4, 0.5) is 5.95 Å². The van der Waals surface area contributed by atoms with Gasteiger partial charge in [-0.1, -0.05) is 24.3 Å². The van der Waals surface area contributed by atoms with Crippen molar-refractivity contribution < 1.29 is 27.9 Å². The summed E-state index contributed by atoms with van der Waals surface area (Å²) in [6.07, 6.45) is 4.38. The van der Waals surface area contributed by atoms with E-state index < -0.39 is 11.9 Å². The van der Waals surface area contributed by atoms with Crippen molar-refractivity contribution in [3.8, 4) is 22.6 Å². The van der Waals surface area contributed by atoms with Gasteiger partial charge in [-0.25, -0.2) is 15.0 Å². The summed E-state index contributed by atoms with van der Waals surface area (Å²) < 4.78 is 23.2. The molecule has 2 aromatic carbocycles. The van der Waals surface area contributed by atoms with Crippen LogP contribution in [0, 0.1) is 0 Å². The summed E-state index contributed by atoms with van der Waals surface area (Å²) in [7, 11) is 0. The van der Waals surface area contributed by atoms with Crippen LogP contribution in [0.2, 0.25) is 0 Å². The van der Waals surface area contributed by atoms with E-state index in [1.807, 2.05) is 12.1 Å². The van der Waals surface area contributed by atoms with Crippen LogP contribution in [0.25, 0.3) is 22.6 Å². The Hall–Kier alpha value is -5.78. The number of furan rings is 2. The molecule has 0 atom stereocenters. The summed E-state index contributed by atoms with van der Waals surface area (Å²) in [4.78, 5) is 24.1. The Balaban J connectivity index is 1.22. The third-order valence-corrected chi connectivity index (χ3v) is 5.77. The Labute approximate surface area is 240 Å². The van der Waals surface area contributed by atoms with Crippen LogP contribution in [0.5, 0.6) is 0 Å². The standard InChI is InChI=1S/C30H26N6O6/c1-3-39-28(37)22-9-5-7-20(15-22)26-13-11-24(41-26)17-31-34-30-35-32-19-36(30)33-18-25-12-14-27(42-25)21-8-6-10-23(16-21)29(38)40-4-2/h5-19H,3-4H2,1-2H3,(H,34,35)/b31-17-,33-18-. The molecule has 3 heterocycles. The molecule has 0 fully saturated rings. The molecule has 5 aromatic rings. The normalized spacial score (nSPS) is 11.3. The summed E-state index contributed by atoms with van der Waals surface area (Å²) in [5, 5.41) is 16.3. The van der Waals surface area contributed by atoms with Gasteiger partial charge < -0.3 is 18.3 Å². The lowest BCUT2D eigenvalue weighted by Gasteiger charge is -2.03. The van der Waals surface area contributed by atoms with Crippen LogP contribution in [-0.2, 0) is 9.47 Å². The zero-order valence-electron chi connectivity index (χ0n) is 22.8. The summed E-state index contributed by atoms with van der Waals surface area (Å²) in [6.45, 7) is 4.12. The fourth-order valence-electron chi connectivity index (χ4n) is 3.84. The van der Waals surface area contributed by atoms with Crippen LogP contribution in [0.1, 0.15) is 46.1 Å². The quantitative estimate of drug-likeness (QED) is 0.125. The number of aromatic nitrogens is 3. The maximum Gasteiger partial charge on any atom is 0.338 e. The SMILES string of the molecule is CCOC(=O)c1cccc(-c2ccc(/C=N\Nc3nncn3/N=C\c3ccc(-c4cccc(C(=O)OCC)c4)o3)o2)c1. The van der Waals surface area contributed by atoms with Gasteiger partial charge >= 0.3 is 11.9 Å². The molecule has 0 spiro atoms. The molecule has 12 heteroatoms. The van der Waals surface area contributed by atoms with Gasteiger partial charge in [0.25, 0.3) is 5.95 Å². The van der Waals surface area contributed by atoms with E-state index in [2.05, 4.69) is 25.8 Å². The fraction of sp³-hybridized carbons (Fsp3) is 0.133. The molecular weight excluding hydrogens is 540 g/mol. The third kappa shape index (κ3) is 6.67. The first-order chi connectivity index (χ1) is 20.5. The molecule has 0 aliphatic heterocycles. The fourth-order valence-corrected chi connectivity index (χ4v) is 3.84. The number of carbonyl (C=O) groups is 2.